The molecule has 2 rings (SSSR count). The standard InChI is InChI=1S/C16H15BrN2OS/c17-15-9-5-4-8-14(15)10-18-19-16(20)12-21-11-13-6-2-1-3-7-13/h1-10H,11-12H2,(H,19,20)/b18-10-. The molecular formula is C16H15BrN2OS. The molecule has 108 valence electrons. The molecule has 0 saturated heterocycles. The van der Waals surface area contributed by atoms with E-state index in [0.717, 1.165) is 15.8 Å². The van der Waals surface area contributed by atoms with Gasteiger partial charge in [-0.3, -0.25) is 4.79 Å². The third kappa shape index (κ3) is 5.73. The number of halogens is 1. The lowest BCUT2D eigenvalue weighted by molar-refractivity contribution is -0.118. The Balaban J connectivity index is 1.71. The van der Waals surface area contributed by atoms with Crippen molar-refractivity contribution in [2.24, 2.45) is 5.10 Å². The number of hydrazone groups is 1. The van der Waals surface area contributed by atoms with Gasteiger partial charge in [0.1, 0.15) is 0 Å². The average Bonchev–Trinajstić information content (AvgIpc) is 2.50. The SMILES string of the molecule is O=C(CSCc1ccccc1)N/N=C\c1ccccc1Br. The largest absolute Gasteiger partial charge is 0.272 e. The van der Waals surface area contributed by atoms with Crippen molar-refractivity contribution in [2.75, 3.05) is 5.75 Å². The van der Waals surface area contributed by atoms with Crippen molar-refractivity contribution in [3.05, 3.63) is 70.2 Å². The average molecular weight is 363 g/mol. The molecule has 2 aromatic carbocycles. The zero-order chi connectivity index (χ0) is 14.9. The van der Waals surface area contributed by atoms with Gasteiger partial charge in [-0.05, 0) is 11.6 Å². The van der Waals surface area contributed by atoms with Crippen molar-refractivity contribution < 1.29 is 4.79 Å². The molecule has 2 aromatic rings. The molecule has 0 aliphatic heterocycles. The molecule has 5 heteroatoms. The van der Waals surface area contributed by atoms with Gasteiger partial charge in [-0.1, -0.05) is 64.5 Å². The molecule has 0 bridgehead atoms. The number of amides is 1. The third-order valence-corrected chi connectivity index (χ3v) is 4.37. The van der Waals surface area contributed by atoms with E-state index in [0.29, 0.717) is 5.75 Å². The molecule has 0 atom stereocenters. The molecule has 0 unspecified atom stereocenters. The zero-order valence-electron chi connectivity index (χ0n) is 11.3. The fraction of sp³-hybridized carbons (Fsp3) is 0.125. The molecule has 0 aliphatic rings. The van der Waals surface area contributed by atoms with Gasteiger partial charge < -0.3 is 0 Å². The maximum atomic E-state index is 11.7. The topological polar surface area (TPSA) is 41.5 Å². The molecule has 1 amide bonds. The molecule has 0 saturated carbocycles. The van der Waals surface area contributed by atoms with Crippen LogP contribution >= 0.6 is 27.7 Å². The molecule has 21 heavy (non-hydrogen) atoms. The van der Waals surface area contributed by atoms with Crippen LogP contribution in [-0.2, 0) is 10.5 Å². The number of hydrogen-bond acceptors (Lipinski definition) is 3. The van der Waals surface area contributed by atoms with Gasteiger partial charge in [0.15, 0.2) is 0 Å². The summed E-state index contributed by atoms with van der Waals surface area (Å²) in [4.78, 5) is 11.7. The summed E-state index contributed by atoms with van der Waals surface area (Å²) >= 11 is 4.99. The van der Waals surface area contributed by atoms with Crippen molar-refractivity contribution >= 4 is 39.8 Å². The second-order valence-electron chi connectivity index (χ2n) is 4.29. The lowest BCUT2D eigenvalue weighted by atomic mass is 10.2. The Labute approximate surface area is 137 Å². The van der Waals surface area contributed by atoms with Gasteiger partial charge in [0.05, 0.1) is 12.0 Å². The summed E-state index contributed by atoms with van der Waals surface area (Å²) in [5.74, 6) is 1.11. The highest BCUT2D eigenvalue weighted by Crippen LogP contribution is 2.13. The summed E-state index contributed by atoms with van der Waals surface area (Å²) in [6.45, 7) is 0. The Morgan fingerprint density at radius 1 is 1.14 bits per heavy atom. The van der Waals surface area contributed by atoms with E-state index < -0.39 is 0 Å². The summed E-state index contributed by atoms with van der Waals surface area (Å²) < 4.78 is 0.946. The number of rotatable bonds is 6. The van der Waals surface area contributed by atoms with Crippen LogP contribution in [0.3, 0.4) is 0 Å². The van der Waals surface area contributed by atoms with Crippen LogP contribution in [-0.4, -0.2) is 17.9 Å². The van der Waals surface area contributed by atoms with Crippen LogP contribution in [0.1, 0.15) is 11.1 Å². The van der Waals surface area contributed by atoms with Crippen LogP contribution < -0.4 is 5.43 Å². The van der Waals surface area contributed by atoms with E-state index in [4.69, 9.17) is 0 Å². The molecule has 0 heterocycles. The second kappa shape index (κ2) is 8.64. The van der Waals surface area contributed by atoms with Crippen LogP contribution in [0.5, 0.6) is 0 Å². The summed E-state index contributed by atoms with van der Waals surface area (Å²) in [7, 11) is 0. The van der Waals surface area contributed by atoms with E-state index in [9.17, 15) is 4.79 Å². The van der Waals surface area contributed by atoms with Gasteiger partial charge in [0, 0.05) is 15.8 Å². The fourth-order valence-corrected chi connectivity index (χ4v) is 2.79. The Morgan fingerprint density at radius 3 is 2.62 bits per heavy atom. The summed E-state index contributed by atoms with van der Waals surface area (Å²) in [5.41, 5.74) is 4.67. The predicted molar refractivity (Wildman–Crippen MR) is 92.5 cm³/mol. The van der Waals surface area contributed by atoms with Crippen molar-refractivity contribution in [2.45, 2.75) is 5.75 Å². The molecule has 0 radical (unpaired) electrons. The lowest BCUT2D eigenvalue weighted by Gasteiger charge is -2.01. The molecule has 0 fully saturated rings. The number of carbonyl (C=O) groups excluding carboxylic acids is 1. The number of benzene rings is 2. The van der Waals surface area contributed by atoms with E-state index in [1.807, 2.05) is 42.5 Å². The van der Waals surface area contributed by atoms with Gasteiger partial charge in [-0.2, -0.15) is 5.10 Å². The van der Waals surface area contributed by atoms with E-state index in [1.165, 1.54) is 5.56 Å². The summed E-state index contributed by atoms with van der Waals surface area (Å²) in [6.07, 6.45) is 1.63. The molecule has 0 spiro atoms. The molecule has 1 N–H and O–H groups in total. The van der Waals surface area contributed by atoms with Crippen LogP contribution in [0.25, 0.3) is 0 Å². The summed E-state index contributed by atoms with van der Waals surface area (Å²) in [6, 6.07) is 17.8. The van der Waals surface area contributed by atoms with Crippen molar-refractivity contribution in [1.29, 1.82) is 0 Å². The van der Waals surface area contributed by atoms with E-state index in [1.54, 1.807) is 18.0 Å². The normalized spacial score (nSPS) is 10.7. The van der Waals surface area contributed by atoms with Gasteiger partial charge in [0.2, 0.25) is 5.91 Å². The Hall–Kier alpha value is -1.59. The van der Waals surface area contributed by atoms with Crippen molar-refractivity contribution in [3.63, 3.8) is 0 Å². The minimum Gasteiger partial charge on any atom is -0.272 e. The third-order valence-electron chi connectivity index (χ3n) is 2.64. The van der Waals surface area contributed by atoms with E-state index >= 15 is 0 Å². The van der Waals surface area contributed by atoms with Gasteiger partial charge in [-0.25, -0.2) is 5.43 Å². The van der Waals surface area contributed by atoms with Crippen LogP contribution in [0, 0.1) is 0 Å². The number of carbonyl (C=O) groups is 1. The Bertz CT molecular complexity index is 617. The molecular weight excluding hydrogens is 348 g/mol. The lowest BCUT2D eigenvalue weighted by Crippen LogP contribution is -2.19. The second-order valence-corrected chi connectivity index (χ2v) is 6.13. The Morgan fingerprint density at radius 2 is 1.86 bits per heavy atom. The quantitative estimate of drug-likeness (QED) is 0.626. The number of nitrogens with zero attached hydrogens (tertiary/aromatic N) is 1. The maximum Gasteiger partial charge on any atom is 0.250 e. The van der Waals surface area contributed by atoms with E-state index in [2.05, 4.69) is 38.6 Å². The van der Waals surface area contributed by atoms with Crippen molar-refractivity contribution in [1.82, 2.24) is 5.43 Å². The van der Waals surface area contributed by atoms with Gasteiger partial charge >= 0.3 is 0 Å². The zero-order valence-corrected chi connectivity index (χ0v) is 13.7. The minimum atomic E-state index is -0.0979. The highest BCUT2D eigenvalue weighted by Gasteiger charge is 2.00. The monoisotopic (exact) mass is 362 g/mol. The van der Waals surface area contributed by atoms with Crippen LogP contribution in [0.15, 0.2) is 64.2 Å². The number of thioether (sulfide) groups is 1. The van der Waals surface area contributed by atoms with Gasteiger partial charge in [0.25, 0.3) is 0 Å². The molecule has 3 nitrogen and oxygen atoms in total. The van der Waals surface area contributed by atoms with Gasteiger partial charge in [-0.15, -0.1) is 11.8 Å². The Kier molecular flexibility index (Phi) is 6.50. The first kappa shape index (κ1) is 15.8. The van der Waals surface area contributed by atoms with Crippen LogP contribution in [0.2, 0.25) is 0 Å². The highest BCUT2D eigenvalue weighted by molar-refractivity contribution is 9.10. The fourth-order valence-electron chi connectivity index (χ4n) is 1.62. The smallest absolute Gasteiger partial charge is 0.250 e. The first-order valence-corrected chi connectivity index (χ1v) is 8.38. The maximum absolute atomic E-state index is 11.7. The first-order valence-electron chi connectivity index (χ1n) is 6.44. The van der Waals surface area contributed by atoms with E-state index in [-0.39, 0.29) is 5.91 Å². The van der Waals surface area contributed by atoms with Crippen molar-refractivity contribution in [3.8, 4) is 0 Å². The summed E-state index contributed by atoms with van der Waals surface area (Å²) in [5, 5.41) is 3.96. The number of hydrogen-bond donors (Lipinski definition) is 1. The predicted octanol–water partition coefficient (Wildman–Crippen LogP) is 3.83. The number of nitrogens with one attached hydrogen (secondary N) is 1. The van der Waals surface area contributed by atoms with Crippen LogP contribution in [0.4, 0.5) is 0 Å². The molecule has 0 aromatic heterocycles. The first-order chi connectivity index (χ1) is 10.3. The highest BCUT2D eigenvalue weighted by atomic mass is 79.9. The molecule has 0 aliphatic carbocycles. The minimum absolute atomic E-state index is 0.0979.